The number of carbonyl (C=O) groups excluding carboxylic acids is 2. The van der Waals surface area contributed by atoms with Crippen LogP contribution < -0.4 is 0 Å². The Hall–Kier alpha value is -1.89. The lowest BCUT2D eigenvalue weighted by Gasteiger charge is -2.29. The van der Waals surface area contributed by atoms with Crippen molar-refractivity contribution in [1.82, 2.24) is 9.27 Å². The van der Waals surface area contributed by atoms with Crippen molar-refractivity contribution >= 4 is 29.2 Å². The first-order valence-corrected chi connectivity index (χ1v) is 9.91. The topological polar surface area (TPSA) is 68.7 Å². The molecule has 2 heterocycles. The second-order valence-corrected chi connectivity index (χ2v) is 8.45. The number of ether oxygens (including phenoxy) is 2. The predicted molar refractivity (Wildman–Crippen MR) is 100 cm³/mol. The second-order valence-electron chi connectivity index (χ2n) is 7.67. The molecule has 142 valence electrons. The largest absolute Gasteiger partial charge is 0.462 e. The van der Waals surface area contributed by atoms with Crippen LogP contribution in [-0.4, -0.2) is 46.6 Å². The minimum absolute atomic E-state index is 0.273. The molecule has 2 aliphatic rings. The van der Waals surface area contributed by atoms with Crippen LogP contribution in [0.4, 0.5) is 4.79 Å². The fourth-order valence-corrected chi connectivity index (χ4v) is 3.89. The van der Waals surface area contributed by atoms with Gasteiger partial charge in [-0.2, -0.15) is 4.37 Å². The average molecular weight is 378 g/mol. The van der Waals surface area contributed by atoms with Gasteiger partial charge in [0.2, 0.25) is 0 Å². The molecule has 0 spiro atoms. The molecule has 1 amide bonds. The van der Waals surface area contributed by atoms with Crippen LogP contribution in [0.15, 0.2) is 6.08 Å². The Morgan fingerprint density at radius 3 is 2.62 bits per heavy atom. The highest BCUT2D eigenvalue weighted by atomic mass is 32.1. The molecule has 0 aromatic carbocycles. The van der Waals surface area contributed by atoms with E-state index in [-0.39, 0.29) is 12.1 Å². The van der Waals surface area contributed by atoms with Gasteiger partial charge >= 0.3 is 12.1 Å². The Morgan fingerprint density at radius 1 is 1.35 bits per heavy atom. The zero-order valence-corrected chi connectivity index (χ0v) is 16.6. The van der Waals surface area contributed by atoms with Crippen molar-refractivity contribution in [2.24, 2.45) is 0 Å². The summed E-state index contributed by atoms with van der Waals surface area (Å²) in [5.41, 5.74) is 2.58. The third-order valence-corrected chi connectivity index (χ3v) is 5.18. The molecule has 1 saturated carbocycles. The molecule has 1 aliphatic carbocycles. The van der Waals surface area contributed by atoms with Crippen molar-refractivity contribution in [3.05, 3.63) is 22.2 Å². The van der Waals surface area contributed by atoms with Crippen molar-refractivity contribution in [3.8, 4) is 0 Å². The molecular formula is C19H26N2O4S. The highest BCUT2D eigenvalue weighted by molar-refractivity contribution is 7.08. The Kier molecular flexibility index (Phi) is 5.37. The molecule has 1 fully saturated rings. The molecular weight excluding hydrogens is 352 g/mol. The maximum absolute atomic E-state index is 12.2. The van der Waals surface area contributed by atoms with Gasteiger partial charge in [-0.25, -0.2) is 9.59 Å². The van der Waals surface area contributed by atoms with Crippen LogP contribution in [0.1, 0.15) is 73.8 Å². The summed E-state index contributed by atoms with van der Waals surface area (Å²) >= 11 is 1.23. The van der Waals surface area contributed by atoms with E-state index in [1.807, 2.05) is 33.8 Å². The van der Waals surface area contributed by atoms with E-state index in [0.717, 1.165) is 29.7 Å². The number of esters is 1. The van der Waals surface area contributed by atoms with E-state index in [9.17, 15) is 9.59 Å². The van der Waals surface area contributed by atoms with E-state index in [1.165, 1.54) is 11.5 Å². The van der Waals surface area contributed by atoms with Crippen LogP contribution in [0, 0.1) is 0 Å². The van der Waals surface area contributed by atoms with Crippen molar-refractivity contribution < 1.29 is 19.1 Å². The molecule has 0 N–H and O–H groups in total. The first-order chi connectivity index (χ1) is 12.3. The second kappa shape index (κ2) is 7.39. The smallest absolute Gasteiger partial charge is 0.410 e. The van der Waals surface area contributed by atoms with Gasteiger partial charge < -0.3 is 14.4 Å². The molecule has 0 radical (unpaired) electrons. The van der Waals surface area contributed by atoms with Gasteiger partial charge in [0, 0.05) is 18.7 Å². The summed E-state index contributed by atoms with van der Waals surface area (Å²) in [4.78, 5) is 26.8. The first-order valence-electron chi connectivity index (χ1n) is 9.14. The van der Waals surface area contributed by atoms with E-state index in [4.69, 9.17) is 9.47 Å². The van der Waals surface area contributed by atoms with Crippen LogP contribution in [-0.2, 0) is 9.47 Å². The number of carbonyl (C=O) groups is 2. The van der Waals surface area contributed by atoms with E-state index in [2.05, 4.69) is 4.37 Å². The molecule has 7 heteroatoms. The molecule has 0 atom stereocenters. The lowest BCUT2D eigenvalue weighted by atomic mass is 9.98. The minimum Gasteiger partial charge on any atom is -0.462 e. The number of hydrogen-bond acceptors (Lipinski definition) is 6. The Morgan fingerprint density at radius 2 is 2.08 bits per heavy atom. The Balaban J connectivity index is 1.76. The molecule has 0 saturated heterocycles. The van der Waals surface area contributed by atoms with Crippen molar-refractivity contribution in [1.29, 1.82) is 0 Å². The van der Waals surface area contributed by atoms with E-state index < -0.39 is 5.60 Å². The number of hydrogen-bond donors (Lipinski definition) is 0. The standard InChI is InChI=1S/C19H26N2O4S/c1-5-24-17(22)16-14(12-6-7-12)15(20-26-16)13-8-10-21(11-9-13)18(23)25-19(2,3)4/h8,12H,5-7,9-11H2,1-4H3. The molecule has 0 bridgehead atoms. The summed E-state index contributed by atoms with van der Waals surface area (Å²) in [6.07, 6.45) is 4.64. The van der Waals surface area contributed by atoms with Crippen molar-refractivity contribution in [2.75, 3.05) is 19.7 Å². The van der Waals surface area contributed by atoms with Crippen LogP contribution in [0.2, 0.25) is 0 Å². The lowest BCUT2D eigenvalue weighted by Crippen LogP contribution is -2.39. The van der Waals surface area contributed by atoms with Crippen LogP contribution in [0.5, 0.6) is 0 Å². The van der Waals surface area contributed by atoms with Gasteiger partial charge in [0.15, 0.2) is 0 Å². The molecule has 1 aliphatic heterocycles. The summed E-state index contributed by atoms with van der Waals surface area (Å²) in [6, 6.07) is 0. The number of aromatic nitrogens is 1. The molecule has 0 unspecified atom stereocenters. The fraction of sp³-hybridized carbons (Fsp3) is 0.632. The number of nitrogens with zero attached hydrogens (tertiary/aromatic N) is 2. The zero-order valence-electron chi connectivity index (χ0n) is 15.8. The summed E-state index contributed by atoms with van der Waals surface area (Å²) in [5.74, 6) is 0.137. The first kappa shape index (κ1) is 18.9. The summed E-state index contributed by atoms with van der Waals surface area (Å²) in [6.45, 7) is 8.87. The third-order valence-electron chi connectivity index (χ3n) is 4.34. The number of rotatable bonds is 4. The fourth-order valence-electron chi connectivity index (χ4n) is 3.00. The third kappa shape index (κ3) is 4.26. The Bertz CT molecular complexity index is 728. The van der Waals surface area contributed by atoms with Gasteiger partial charge in [-0.3, -0.25) is 0 Å². The van der Waals surface area contributed by atoms with Gasteiger partial charge in [0.05, 0.1) is 12.3 Å². The summed E-state index contributed by atoms with van der Waals surface area (Å²) in [5, 5.41) is 0. The SMILES string of the molecule is CCOC(=O)c1snc(C2=CCN(C(=O)OC(C)(C)C)CC2)c1C1CC1. The molecule has 3 rings (SSSR count). The maximum atomic E-state index is 12.2. The maximum Gasteiger partial charge on any atom is 0.410 e. The Labute approximate surface area is 158 Å². The molecule has 1 aromatic rings. The quantitative estimate of drug-likeness (QED) is 0.734. The van der Waals surface area contributed by atoms with Gasteiger partial charge in [-0.05, 0) is 70.0 Å². The van der Waals surface area contributed by atoms with Gasteiger partial charge in [-0.15, -0.1) is 0 Å². The van der Waals surface area contributed by atoms with E-state index in [0.29, 0.717) is 36.9 Å². The minimum atomic E-state index is -0.496. The van der Waals surface area contributed by atoms with Crippen molar-refractivity contribution in [2.45, 2.75) is 58.5 Å². The predicted octanol–water partition coefficient (Wildman–Crippen LogP) is 4.22. The van der Waals surface area contributed by atoms with Gasteiger partial charge in [0.1, 0.15) is 10.5 Å². The van der Waals surface area contributed by atoms with Crippen LogP contribution >= 0.6 is 11.5 Å². The highest BCUT2D eigenvalue weighted by Crippen LogP contribution is 2.46. The van der Waals surface area contributed by atoms with Gasteiger partial charge in [-0.1, -0.05) is 6.08 Å². The molecule has 6 nitrogen and oxygen atoms in total. The van der Waals surface area contributed by atoms with Crippen LogP contribution in [0.3, 0.4) is 0 Å². The highest BCUT2D eigenvalue weighted by Gasteiger charge is 2.35. The van der Waals surface area contributed by atoms with E-state index in [1.54, 1.807) is 4.90 Å². The van der Waals surface area contributed by atoms with E-state index >= 15 is 0 Å². The average Bonchev–Trinajstić information content (AvgIpc) is 3.31. The number of amides is 1. The van der Waals surface area contributed by atoms with Crippen LogP contribution in [0.25, 0.3) is 5.57 Å². The lowest BCUT2D eigenvalue weighted by molar-refractivity contribution is 0.0270. The van der Waals surface area contributed by atoms with Gasteiger partial charge in [0.25, 0.3) is 0 Å². The monoisotopic (exact) mass is 378 g/mol. The summed E-state index contributed by atoms with van der Waals surface area (Å²) in [7, 11) is 0. The zero-order chi connectivity index (χ0) is 18.9. The summed E-state index contributed by atoms with van der Waals surface area (Å²) < 4.78 is 15.2. The molecule has 1 aromatic heterocycles. The normalized spacial score (nSPS) is 17.7. The van der Waals surface area contributed by atoms with Crippen molar-refractivity contribution in [3.63, 3.8) is 0 Å². The molecule has 26 heavy (non-hydrogen) atoms.